The molecule has 5 heteroatoms. The molecule has 0 aliphatic carbocycles. The topological polar surface area (TPSA) is 65.0 Å². The number of aliphatic hydroxyl groups is 1. The first-order valence-corrected chi connectivity index (χ1v) is 6.71. The molecule has 0 saturated heterocycles. The van der Waals surface area contributed by atoms with E-state index in [0.29, 0.717) is 6.61 Å². The minimum Gasteiger partial charge on any atom is -0.497 e. The zero-order valence-corrected chi connectivity index (χ0v) is 12.6. The van der Waals surface area contributed by atoms with Crippen LogP contribution >= 0.6 is 0 Å². The maximum absolute atomic E-state index is 11.0. The van der Waals surface area contributed by atoms with Gasteiger partial charge in [0, 0.05) is 12.0 Å². The number of carbonyl (C=O) groups is 1. The van der Waals surface area contributed by atoms with Crippen molar-refractivity contribution in [3.63, 3.8) is 0 Å². The highest BCUT2D eigenvalue weighted by molar-refractivity contribution is 5.81. The van der Waals surface area contributed by atoms with Crippen LogP contribution in [-0.2, 0) is 20.9 Å². The fraction of sp³-hybridized carbons (Fsp3) is 0.438. The van der Waals surface area contributed by atoms with Crippen LogP contribution in [0.1, 0.15) is 12.5 Å². The average Bonchev–Trinajstić information content (AvgIpc) is 2.52. The Labute approximate surface area is 125 Å². The number of hydrogen-bond donors (Lipinski definition) is 1. The van der Waals surface area contributed by atoms with Gasteiger partial charge in [-0.05, 0) is 17.7 Å². The lowest BCUT2D eigenvalue weighted by molar-refractivity contribution is -0.134. The van der Waals surface area contributed by atoms with Crippen molar-refractivity contribution in [3.05, 3.63) is 42.0 Å². The second-order valence-electron chi connectivity index (χ2n) is 4.67. The summed E-state index contributed by atoms with van der Waals surface area (Å²) in [6.07, 6.45) is 2.23. The van der Waals surface area contributed by atoms with Gasteiger partial charge in [-0.25, -0.2) is 4.79 Å². The maximum atomic E-state index is 11.0. The summed E-state index contributed by atoms with van der Waals surface area (Å²) in [6, 6.07) is 7.53. The van der Waals surface area contributed by atoms with Crippen LogP contribution < -0.4 is 4.74 Å². The summed E-state index contributed by atoms with van der Waals surface area (Å²) in [5, 5.41) is 9.92. The molecule has 0 amide bonds. The zero-order valence-electron chi connectivity index (χ0n) is 12.6. The molecule has 0 fully saturated rings. The van der Waals surface area contributed by atoms with Crippen LogP contribution in [0.5, 0.6) is 5.75 Å². The molecule has 0 spiro atoms. The van der Waals surface area contributed by atoms with Gasteiger partial charge in [0.05, 0.1) is 33.5 Å². The van der Waals surface area contributed by atoms with Crippen molar-refractivity contribution in [2.24, 2.45) is 5.92 Å². The lowest BCUT2D eigenvalue weighted by Gasteiger charge is -2.15. The lowest BCUT2D eigenvalue weighted by Crippen LogP contribution is -2.22. The van der Waals surface area contributed by atoms with Crippen LogP contribution in [0.2, 0.25) is 0 Å². The van der Waals surface area contributed by atoms with Crippen LogP contribution in [0.25, 0.3) is 0 Å². The predicted octanol–water partition coefficient (Wildman–Crippen LogP) is 1.94. The number of methoxy groups -OCH3 is 2. The van der Waals surface area contributed by atoms with Gasteiger partial charge in [0.2, 0.25) is 0 Å². The van der Waals surface area contributed by atoms with Crippen LogP contribution in [0, 0.1) is 5.92 Å². The van der Waals surface area contributed by atoms with Crippen molar-refractivity contribution in [2.45, 2.75) is 19.6 Å². The van der Waals surface area contributed by atoms with Crippen LogP contribution in [0.15, 0.2) is 36.4 Å². The van der Waals surface area contributed by atoms with Gasteiger partial charge >= 0.3 is 5.97 Å². The zero-order chi connectivity index (χ0) is 15.7. The van der Waals surface area contributed by atoms with E-state index in [1.54, 1.807) is 20.1 Å². The van der Waals surface area contributed by atoms with Crippen LogP contribution in [0.4, 0.5) is 0 Å². The number of benzene rings is 1. The van der Waals surface area contributed by atoms with Gasteiger partial charge in [-0.2, -0.15) is 0 Å². The number of esters is 1. The Morgan fingerprint density at radius 2 is 1.95 bits per heavy atom. The van der Waals surface area contributed by atoms with Crippen molar-refractivity contribution in [1.82, 2.24) is 0 Å². The first-order valence-electron chi connectivity index (χ1n) is 6.71. The molecule has 0 aliphatic rings. The van der Waals surface area contributed by atoms with Crippen molar-refractivity contribution in [2.75, 3.05) is 20.8 Å². The molecule has 1 aromatic rings. The van der Waals surface area contributed by atoms with E-state index < -0.39 is 12.1 Å². The maximum Gasteiger partial charge on any atom is 0.330 e. The third-order valence-electron chi connectivity index (χ3n) is 3.06. The minimum absolute atomic E-state index is 0.193. The highest BCUT2D eigenvalue weighted by Crippen LogP contribution is 2.12. The van der Waals surface area contributed by atoms with E-state index in [-0.39, 0.29) is 12.5 Å². The summed E-state index contributed by atoms with van der Waals surface area (Å²) >= 11 is 0. The normalized spacial score (nSPS) is 13.9. The third kappa shape index (κ3) is 6.42. The molecule has 2 atom stereocenters. The molecular formula is C16H22O5. The SMILES string of the molecule is COC(=O)/C=C/[C@H](C)[C@@H](O)COCc1ccc(OC)cc1. The van der Waals surface area contributed by atoms with Crippen LogP contribution in [-0.4, -0.2) is 38.0 Å². The quantitative estimate of drug-likeness (QED) is 0.586. The van der Waals surface area contributed by atoms with E-state index in [9.17, 15) is 9.90 Å². The molecule has 0 bridgehead atoms. The Kier molecular flexibility index (Phi) is 7.50. The van der Waals surface area contributed by atoms with Gasteiger partial charge in [-0.1, -0.05) is 25.1 Å². The molecular weight excluding hydrogens is 272 g/mol. The van der Waals surface area contributed by atoms with E-state index >= 15 is 0 Å². The van der Waals surface area contributed by atoms with Crippen molar-refractivity contribution < 1.29 is 24.1 Å². The number of hydrogen-bond acceptors (Lipinski definition) is 5. The molecule has 1 aromatic carbocycles. The van der Waals surface area contributed by atoms with Crippen LogP contribution in [0.3, 0.4) is 0 Å². The second-order valence-corrected chi connectivity index (χ2v) is 4.67. The molecule has 0 aromatic heterocycles. The molecule has 0 radical (unpaired) electrons. The van der Waals surface area contributed by atoms with Gasteiger partial charge < -0.3 is 19.3 Å². The summed E-state index contributed by atoms with van der Waals surface area (Å²) in [7, 11) is 2.93. The Morgan fingerprint density at radius 1 is 1.29 bits per heavy atom. The standard InChI is InChI=1S/C16H22O5/c1-12(4-9-16(18)20-3)15(17)11-21-10-13-5-7-14(19-2)8-6-13/h4-9,12,15,17H,10-11H2,1-3H3/b9-4+/t12-,15-/m0/s1. The highest BCUT2D eigenvalue weighted by atomic mass is 16.5. The van der Waals surface area contributed by atoms with E-state index in [0.717, 1.165) is 11.3 Å². The Morgan fingerprint density at radius 3 is 2.52 bits per heavy atom. The molecule has 0 heterocycles. The molecule has 1 N–H and O–H groups in total. The summed E-state index contributed by atoms with van der Waals surface area (Å²) in [4.78, 5) is 11.0. The van der Waals surface area contributed by atoms with E-state index in [2.05, 4.69) is 4.74 Å². The first-order chi connectivity index (χ1) is 10.1. The van der Waals surface area contributed by atoms with Gasteiger partial charge in [0.1, 0.15) is 5.75 Å². The lowest BCUT2D eigenvalue weighted by atomic mass is 10.1. The van der Waals surface area contributed by atoms with Gasteiger partial charge in [-0.3, -0.25) is 0 Å². The Hall–Kier alpha value is -1.85. The summed E-state index contributed by atoms with van der Waals surface area (Å²) in [5.41, 5.74) is 1.00. The Balaban J connectivity index is 2.33. The number of ether oxygens (including phenoxy) is 3. The minimum atomic E-state index is -0.677. The second kappa shape index (κ2) is 9.15. The van der Waals surface area contributed by atoms with E-state index in [4.69, 9.17) is 9.47 Å². The van der Waals surface area contributed by atoms with Crippen molar-refractivity contribution in [1.29, 1.82) is 0 Å². The highest BCUT2D eigenvalue weighted by Gasteiger charge is 2.12. The molecule has 0 unspecified atom stereocenters. The number of carbonyl (C=O) groups excluding carboxylic acids is 1. The largest absolute Gasteiger partial charge is 0.497 e. The van der Waals surface area contributed by atoms with Crippen molar-refractivity contribution in [3.8, 4) is 5.75 Å². The molecule has 0 saturated carbocycles. The van der Waals surface area contributed by atoms with Gasteiger partial charge in [0.25, 0.3) is 0 Å². The van der Waals surface area contributed by atoms with E-state index in [1.807, 2.05) is 24.3 Å². The number of aliphatic hydroxyl groups excluding tert-OH is 1. The average molecular weight is 294 g/mol. The molecule has 1 rings (SSSR count). The smallest absolute Gasteiger partial charge is 0.330 e. The molecule has 0 aliphatic heterocycles. The fourth-order valence-electron chi connectivity index (χ4n) is 1.60. The van der Waals surface area contributed by atoms with E-state index in [1.165, 1.54) is 13.2 Å². The molecule has 21 heavy (non-hydrogen) atoms. The summed E-state index contributed by atoms with van der Waals surface area (Å²) in [5.74, 6) is 0.161. The van der Waals surface area contributed by atoms with Gasteiger partial charge in [0.15, 0.2) is 0 Å². The van der Waals surface area contributed by atoms with Gasteiger partial charge in [-0.15, -0.1) is 0 Å². The molecule has 5 nitrogen and oxygen atoms in total. The predicted molar refractivity (Wildman–Crippen MR) is 79.0 cm³/mol. The number of rotatable bonds is 8. The third-order valence-corrected chi connectivity index (χ3v) is 3.06. The molecule has 116 valence electrons. The summed E-state index contributed by atoms with van der Waals surface area (Å²) < 4.78 is 15.0. The van der Waals surface area contributed by atoms with Crippen molar-refractivity contribution >= 4 is 5.97 Å². The fourth-order valence-corrected chi connectivity index (χ4v) is 1.60. The monoisotopic (exact) mass is 294 g/mol. The first kappa shape index (κ1) is 17.2. The summed E-state index contributed by atoms with van der Waals surface area (Å²) in [6.45, 7) is 2.41. The Bertz CT molecular complexity index is 452.